The van der Waals surface area contributed by atoms with Crippen LogP contribution in [0.4, 0.5) is 0 Å². The fourth-order valence-corrected chi connectivity index (χ4v) is 4.44. The van der Waals surface area contributed by atoms with Gasteiger partial charge in [-0.1, -0.05) is 67.9 Å². The highest BCUT2D eigenvalue weighted by Crippen LogP contribution is 2.28. The highest BCUT2D eigenvalue weighted by atomic mass is 32.1. The van der Waals surface area contributed by atoms with Crippen molar-refractivity contribution in [3.8, 4) is 0 Å². The molecule has 1 aromatic heterocycles. The van der Waals surface area contributed by atoms with Crippen LogP contribution in [0, 0.1) is 6.92 Å². The van der Waals surface area contributed by atoms with Crippen molar-refractivity contribution in [2.75, 3.05) is 0 Å². The van der Waals surface area contributed by atoms with Crippen LogP contribution in [-0.2, 0) is 10.2 Å². The van der Waals surface area contributed by atoms with Crippen molar-refractivity contribution < 1.29 is 9.59 Å². The Hall–Kier alpha value is -3.18. The average molecular weight is 447 g/mol. The number of carbonyl (C=O) groups excluding carboxylic acids is 2. The summed E-state index contributed by atoms with van der Waals surface area (Å²) in [6, 6.07) is 21.4. The van der Waals surface area contributed by atoms with Gasteiger partial charge in [-0.3, -0.25) is 9.59 Å². The van der Waals surface area contributed by atoms with Gasteiger partial charge in [0.2, 0.25) is 0 Å². The Morgan fingerprint density at radius 3 is 2.44 bits per heavy atom. The number of nitrogens with one attached hydrogen (secondary N) is 2. The Bertz CT molecular complexity index is 1090. The van der Waals surface area contributed by atoms with Crippen LogP contribution in [0.5, 0.6) is 0 Å². The van der Waals surface area contributed by atoms with Gasteiger partial charge in [-0.05, 0) is 60.9 Å². The summed E-state index contributed by atoms with van der Waals surface area (Å²) >= 11 is 1.51. The fraction of sp³-hybridized carbons (Fsp3) is 0.259. The molecule has 4 nitrogen and oxygen atoms in total. The molecule has 0 aliphatic rings. The number of carbonyl (C=O) groups is 2. The van der Waals surface area contributed by atoms with Crippen LogP contribution in [0.3, 0.4) is 0 Å². The zero-order valence-electron chi connectivity index (χ0n) is 19.0. The van der Waals surface area contributed by atoms with Crippen LogP contribution >= 0.6 is 11.3 Å². The molecule has 3 rings (SSSR count). The van der Waals surface area contributed by atoms with Crippen LogP contribution in [0.15, 0.2) is 77.8 Å². The number of benzene rings is 2. The first-order valence-electron chi connectivity index (χ1n) is 10.7. The standard InChI is InChI=1S/C27H30N2O2S/c1-19-10-8-11-21(16-19)25(30)29-24(17-23-14-9-15-32-23)26(31)28-20(2)18-27(3,4)22-12-6-5-7-13-22/h5-17,20H,18H2,1-4H3,(H,28,31)(H,29,30)/b24-17-/t20-/m0/s1. The van der Waals surface area contributed by atoms with E-state index in [0.29, 0.717) is 5.56 Å². The fourth-order valence-electron chi connectivity index (χ4n) is 3.78. The molecule has 2 N–H and O–H groups in total. The molecule has 0 saturated carbocycles. The van der Waals surface area contributed by atoms with Crippen molar-refractivity contribution in [2.24, 2.45) is 0 Å². The molecule has 0 spiro atoms. The van der Waals surface area contributed by atoms with Crippen molar-refractivity contribution in [1.82, 2.24) is 10.6 Å². The summed E-state index contributed by atoms with van der Waals surface area (Å²) in [6.45, 7) is 8.27. The highest BCUT2D eigenvalue weighted by molar-refractivity contribution is 7.10. The molecule has 2 aromatic carbocycles. The Morgan fingerprint density at radius 1 is 1.03 bits per heavy atom. The molecule has 32 heavy (non-hydrogen) atoms. The van der Waals surface area contributed by atoms with Crippen molar-refractivity contribution in [3.63, 3.8) is 0 Å². The predicted molar refractivity (Wildman–Crippen MR) is 133 cm³/mol. The normalized spacial score (nSPS) is 12.8. The molecule has 0 bridgehead atoms. The second-order valence-electron chi connectivity index (χ2n) is 8.73. The summed E-state index contributed by atoms with van der Waals surface area (Å²) in [5.41, 5.74) is 2.87. The summed E-state index contributed by atoms with van der Waals surface area (Å²) in [5, 5.41) is 7.82. The lowest BCUT2D eigenvalue weighted by Gasteiger charge is -2.29. The van der Waals surface area contributed by atoms with Gasteiger partial charge in [-0.15, -0.1) is 11.3 Å². The first-order valence-corrected chi connectivity index (χ1v) is 11.6. The van der Waals surface area contributed by atoms with Crippen LogP contribution in [0.2, 0.25) is 0 Å². The van der Waals surface area contributed by atoms with Gasteiger partial charge in [0.25, 0.3) is 11.8 Å². The molecule has 166 valence electrons. The zero-order chi connectivity index (χ0) is 23.1. The van der Waals surface area contributed by atoms with Gasteiger partial charge in [0.1, 0.15) is 5.70 Å². The maximum atomic E-state index is 13.1. The number of hydrogen-bond acceptors (Lipinski definition) is 3. The van der Waals surface area contributed by atoms with Crippen LogP contribution in [0.25, 0.3) is 6.08 Å². The zero-order valence-corrected chi connectivity index (χ0v) is 19.8. The molecule has 3 aromatic rings. The van der Waals surface area contributed by atoms with E-state index in [0.717, 1.165) is 16.9 Å². The summed E-state index contributed by atoms with van der Waals surface area (Å²) in [4.78, 5) is 26.9. The first-order chi connectivity index (χ1) is 15.2. The lowest BCUT2D eigenvalue weighted by atomic mass is 9.79. The van der Waals surface area contributed by atoms with Crippen molar-refractivity contribution >= 4 is 29.2 Å². The monoisotopic (exact) mass is 446 g/mol. The summed E-state index contributed by atoms with van der Waals surface area (Å²) < 4.78 is 0. The minimum Gasteiger partial charge on any atom is -0.348 e. The number of hydrogen-bond donors (Lipinski definition) is 2. The number of rotatable bonds is 8. The summed E-state index contributed by atoms with van der Waals surface area (Å²) in [7, 11) is 0. The van der Waals surface area contributed by atoms with Crippen molar-refractivity contribution in [1.29, 1.82) is 0 Å². The molecule has 0 fully saturated rings. The van der Waals surface area contributed by atoms with Gasteiger partial charge in [0, 0.05) is 16.5 Å². The van der Waals surface area contributed by atoms with E-state index < -0.39 is 0 Å². The molecule has 1 atom stereocenters. The number of aryl methyl sites for hydroxylation is 1. The van der Waals surface area contributed by atoms with E-state index >= 15 is 0 Å². The third-order valence-corrected chi connectivity index (χ3v) is 6.17. The minimum atomic E-state index is -0.302. The average Bonchev–Trinajstić information content (AvgIpc) is 3.26. The van der Waals surface area contributed by atoms with E-state index in [-0.39, 0.29) is 29.0 Å². The Balaban J connectivity index is 1.74. The van der Waals surface area contributed by atoms with Gasteiger partial charge in [0.05, 0.1) is 0 Å². The summed E-state index contributed by atoms with van der Waals surface area (Å²) in [5.74, 6) is -0.598. The second kappa shape index (κ2) is 10.4. The van der Waals surface area contributed by atoms with E-state index in [4.69, 9.17) is 0 Å². The van der Waals surface area contributed by atoms with E-state index in [1.54, 1.807) is 18.2 Å². The van der Waals surface area contributed by atoms with Gasteiger partial charge in [0.15, 0.2) is 0 Å². The maximum absolute atomic E-state index is 13.1. The Morgan fingerprint density at radius 2 is 1.78 bits per heavy atom. The van der Waals surface area contributed by atoms with Gasteiger partial charge >= 0.3 is 0 Å². The molecule has 0 aliphatic carbocycles. The van der Waals surface area contributed by atoms with Gasteiger partial charge in [-0.25, -0.2) is 0 Å². The molecule has 1 heterocycles. The molecule has 0 radical (unpaired) electrons. The third kappa shape index (κ3) is 6.41. The lowest BCUT2D eigenvalue weighted by molar-refractivity contribution is -0.118. The molecule has 5 heteroatoms. The topological polar surface area (TPSA) is 58.2 Å². The number of thiophene rings is 1. The molecule has 0 unspecified atom stereocenters. The molecular weight excluding hydrogens is 416 g/mol. The van der Waals surface area contributed by atoms with E-state index in [1.807, 2.05) is 61.7 Å². The molecule has 2 amide bonds. The first kappa shape index (κ1) is 23.5. The van der Waals surface area contributed by atoms with E-state index in [9.17, 15) is 9.59 Å². The smallest absolute Gasteiger partial charge is 0.268 e. The molecule has 0 aliphatic heterocycles. The van der Waals surface area contributed by atoms with Crippen LogP contribution in [0.1, 0.15) is 53.6 Å². The van der Waals surface area contributed by atoms with Crippen molar-refractivity contribution in [2.45, 2.75) is 45.6 Å². The largest absolute Gasteiger partial charge is 0.348 e. The molecular formula is C27H30N2O2S. The summed E-state index contributed by atoms with van der Waals surface area (Å²) in [6.07, 6.45) is 2.49. The maximum Gasteiger partial charge on any atom is 0.268 e. The van der Waals surface area contributed by atoms with Crippen LogP contribution < -0.4 is 10.6 Å². The highest BCUT2D eigenvalue weighted by Gasteiger charge is 2.25. The van der Waals surface area contributed by atoms with Gasteiger partial charge < -0.3 is 10.6 Å². The molecule has 0 saturated heterocycles. The SMILES string of the molecule is Cc1cccc(C(=O)N/C(=C\c2cccs2)C(=O)N[C@@H](C)CC(C)(C)c2ccccc2)c1. The minimum absolute atomic E-state index is 0.0830. The Labute approximate surface area is 194 Å². The number of amides is 2. The lowest BCUT2D eigenvalue weighted by Crippen LogP contribution is -2.41. The quantitative estimate of drug-likeness (QED) is 0.436. The Kier molecular flexibility index (Phi) is 7.65. The van der Waals surface area contributed by atoms with Crippen LogP contribution in [-0.4, -0.2) is 17.9 Å². The van der Waals surface area contributed by atoms with E-state index in [2.05, 4.69) is 36.6 Å². The van der Waals surface area contributed by atoms with Gasteiger partial charge in [-0.2, -0.15) is 0 Å². The second-order valence-corrected chi connectivity index (χ2v) is 9.70. The predicted octanol–water partition coefficient (Wildman–Crippen LogP) is 5.70. The third-order valence-electron chi connectivity index (χ3n) is 5.35. The van der Waals surface area contributed by atoms with E-state index in [1.165, 1.54) is 16.9 Å². The van der Waals surface area contributed by atoms with Crippen molar-refractivity contribution in [3.05, 3.63) is 99.4 Å².